The average molecular weight is 398 g/mol. The van der Waals surface area contributed by atoms with Gasteiger partial charge in [-0.1, -0.05) is 60.7 Å². The highest BCUT2D eigenvalue weighted by molar-refractivity contribution is 6.09. The van der Waals surface area contributed by atoms with Crippen molar-refractivity contribution in [2.75, 3.05) is 31.1 Å². The van der Waals surface area contributed by atoms with E-state index < -0.39 is 0 Å². The number of hydrogen-bond donors (Lipinski definition) is 0. The Hall–Kier alpha value is -3.14. The number of fused-ring (bicyclic) bond motifs is 1. The highest BCUT2D eigenvalue weighted by Gasteiger charge is 2.23. The van der Waals surface area contributed by atoms with Gasteiger partial charge in [-0.25, -0.2) is 4.98 Å². The molecule has 0 saturated carbocycles. The summed E-state index contributed by atoms with van der Waals surface area (Å²) in [4.78, 5) is 22.5. The van der Waals surface area contributed by atoms with Crippen molar-refractivity contribution < 1.29 is 4.79 Å². The van der Waals surface area contributed by atoms with E-state index in [1.165, 1.54) is 30.4 Å². The van der Waals surface area contributed by atoms with Crippen molar-refractivity contribution in [1.29, 1.82) is 0 Å². The molecule has 4 heteroatoms. The van der Waals surface area contributed by atoms with E-state index in [4.69, 9.17) is 4.98 Å². The van der Waals surface area contributed by atoms with Crippen LogP contribution in [0.2, 0.25) is 0 Å². The summed E-state index contributed by atoms with van der Waals surface area (Å²) in [6.07, 6.45) is 8.58. The molecule has 0 N–H and O–H groups in total. The Balaban J connectivity index is 1.42. The van der Waals surface area contributed by atoms with Gasteiger partial charge >= 0.3 is 0 Å². The highest BCUT2D eigenvalue weighted by atomic mass is 16.2. The van der Waals surface area contributed by atoms with E-state index in [2.05, 4.69) is 47.4 Å². The Morgan fingerprint density at radius 1 is 0.833 bits per heavy atom. The molecule has 30 heavy (non-hydrogen) atoms. The second-order valence-electron chi connectivity index (χ2n) is 8.19. The normalized spacial score (nSPS) is 17.1. The van der Waals surface area contributed by atoms with Gasteiger partial charge in [-0.05, 0) is 42.2 Å². The molecule has 2 aromatic carbocycles. The third kappa shape index (κ3) is 3.58. The van der Waals surface area contributed by atoms with Crippen molar-refractivity contribution in [2.24, 2.45) is 0 Å². The first-order valence-electron chi connectivity index (χ1n) is 11.0. The molecular weight excluding hydrogens is 370 g/mol. The Labute approximate surface area is 177 Å². The summed E-state index contributed by atoms with van der Waals surface area (Å²) >= 11 is 0. The lowest BCUT2D eigenvalue weighted by atomic mass is 9.98. The quantitative estimate of drug-likeness (QED) is 0.613. The first kappa shape index (κ1) is 18.9. The van der Waals surface area contributed by atoms with Crippen LogP contribution >= 0.6 is 0 Å². The monoisotopic (exact) mass is 397 g/mol. The molecule has 4 nitrogen and oxygen atoms in total. The van der Waals surface area contributed by atoms with E-state index >= 15 is 0 Å². The smallest absolute Gasteiger partial charge is 0.256 e. The van der Waals surface area contributed by atoms with Crippen molar-refractivity contribution in [3.05, 3.63) is 78.0 Å². The van der Waals surface area contributed by atoms with Gasteiger partial charge < -0.3 is 9.80 Å². The molecule has 5 rings (SSSR count). The van der Waals surface area contributed by atoms with Crippen molar-refractivity contribution in [2.45, 2.75) is 25.7 Å². The maximum atomic E-state index is 13.4. The fourth-order valence-corrected chi connectivity index (χ4v) is 4.64. The molecule has 0 aliphatic carbocycles. The first-order valence-corrected chi connectivity index (χ1v) is 11.0. The second-order valence-corrected chi connectivity index (χ2v) is 8.19. The molecule has 1 amide bonds. The summed E-state index contributed by atoms with van der Waals surface area (Å²) in [5.41, 5.74) is 3.29. The number of nitrogens with zero attached hydrogens (tertiary/aromatic N) is 3. The number of aromatic nitrogens is 1. The van der Waals surface area contributed by atoms with Gasteiger partial charge in [0, 0.05) is 37.8 Å². The minimum atomic E-state index is 0.0762. The number of rotatable bonds is 3. The fourth-order valence-electron chi connectivity index (χ4n) is 4.64. The molecule has 152 valence electrons. The van der Waals surface area contributed by atoms with Gasteiger partial charge in [0.15, 0.2) is 0 Å². The molecule has 0 atom stereocenters. The van der Waals surface area contributed by atoms with Gasteiger partial charge in [-0.2, -0.15) is 0 Å². The summed E-state index contributed by atoms with van der Waals surface area (Å²) in [7, 11) is 0. The van der Waals surface area contributed by atoms with Gasteiger partial charge in [0.05, 0.1) is 5.56 Å². The van der Waals surface area contributed by atoms with Crippen LogP contribution in [0.3, 0.4) is 0 Å². The lowest BCUT2D eigenvalue weighted by Crippen LogP contribution is -2.35. The Bertz CT molecular complexity index is 1080. The lowest BCUT2D eigenvalue weighted by molar-refractivity contribution is 0.0774. The average Bonchev–Trinajstić information content (AvgIpc) is 2.84. The maximum absolute atomic E-state index is 13.4. The van der Waals surface area contributed by atoms with Crippen molar-refractivity contribution in [3.63, 3.8) is 0 Å². The molecule has 0 bridgehead atoms. The summed E-state index contributed by atoms with van der Waals surface area (Å²) in [6, 6.07) is 18.7. The second kappa shape index (κ2) is 8.31. The molecule has 0 spiro atoms. The number of piperidine rings is 1. The number of carbonyl (C=O) groups excluding carboxylic acids is 1. The molecular formula is C26H27N3O. The standard InChI is InChI=1S/C26H27N3O/c30-26(29-17-13-21(14-18-29)20-9-3-1-4-10-20)24-19-27-25(28-15-7-2-8-16-28)23-12-6-5-11-22(23)24/h1,3-6,9-13,19H,2,7-8,14-18H2. The summed E-state index contributed by atoms with van der Waals surface area (Å²) in [5.74, 6) is 1.10. The third-order valence-corrected chi connectivity index (χ3v) is 6.30. The van der Waals surface area contributed by atoms with Gasteiger partial charge in [-0.3, -0.25) is 4.79 Å². The van der Waals surface area contributed by atoms with Crippen LogP contribution in [0, 0.1) is 0 Å². The van der Waals surface area contributed by atoms with Gasteiger partial charge in [0.25, 0.3) is 5.91 Å². The zero-order chi connectivity index (χ0) is 20.3. The van der Waals surface area contributed by atoms with E-state index in [9.17, 15) is 4.79 Å². The van der Waals surface area contributed by atoms with Gasteiger partial charge in [-0.15, -0.1) is 0 Å². The number of benzene rings is 2. The zero-order valence-corrected chi connectivity index (χ0v) is 17.3. The van der Waals surface area contributed by atoms with Crippen LogP contribution < -0.4 is 4.90 Å². The van der Waals surface area contributed by atoms with Crippen LogP contribution in [0.1, 0.15) is 41.6 Å². The minimum absolute atomic E-state index is 0.0762. The van der Waals surface area contributed by atoms with Crippen molar-refractivity contribution in [1.82, 2.24) is 9.88 Å². The molecule has 2 aliphatic rings. The molecule has 3 aromatic rings. The number of amides is 1. The van der Waals surface area contributed by atoms with E-state index in [0.717, 1.165) is 42.6 Å². The Morgan fingerprint density at radius 2 is 1.57 bits per heavy atom. The summed E-state index contributed by atoms with van der Waals surface area (Å²) in [6.45, 7) is 3.47. The molecule has 0 radical (unpaired) electrons. The van der Waals surface area contributed by atoms with Crippen molar-refractivity contribution >= 4 is 28.1 Å². The molecule has 2 aliphatic heterocycles. The molecule has 1 aromatic heterocycles. The summed E-state index contributed by atoms with van der Waals surface area (Å²) in [5, 5.41) is 2.10. The van der Waals surface area contributed by atoms with Gasteiger partial charge in [0.1, 0.15) is 5.82 Å². The molecule has 0 unspecified atom stereocenters. The van der Waals surface area contributed by atoms with E-state index in [-0.39, 0.29) is 5.91 Å². The Morgan fingerprint density at radius 3 is 2.30 bits per heavy atom. The molecule has 1 fully saturated rings. The number of hydrogen-bond acceptors (Lipinski definition) is 3. The van der Waals surface area contributed by atoms with Crippen LogP contribution in [0.4, 0.5) is 5.82 Å². The number of anilines is 1. The van der Waals surface area contributed by atoms with Crippen LogP contribution in [-0.2, 0) is 0 Å². The van der Waals surface area contributed by atoms with E-state index in [1.54, 1.807) is 6.20 Å². The Kier molecular flexibility index (Phi) is 5.22. The summed E-state index contributed by atoms with van der Waals surface area (Å²) < 4.78 is 0. The van der Waals surface area contributed by atoms with Crippen LogP contribution in [-0.4, -0.2) is 42.0 Å². The number of pyridine rings is 1. The molecule has 1 saturated heterocycles. The van der Waals surface area contributed by atoms with Crippen LogP contribution in [0.15, 0.2) is 66.9 Å². The SMILES string of the molecule is O=C(c1cnc(N2CCCCC2)c2ccccc12)N1CC=C(c2ccccc2)CC1. The minimum Gasteiger partial charge on any atom is -0.356 e. The van der Waals surface area contributed by atoms with Crippen LogP contribution in [0.25, 0.3) is 16.3 Å². The first-order chi connectivity index (χ1) is 14.8. The van der Waals surface area contributed by atoms with E-state index in [1.807, 2.05) is 23.1 Å². The highest BCUT2D eigenvalue weighted by Crippen LogP contribution is 2.30. The fraction of sp³-hybridized carbons (Fsp3) is 0.308. The maximum Gasteiger partial charge on any atom is 0.256 e. The van der Waals surface area contributed by atoms with Gasteiger partial charge in [0.2, 0.25) is 0 Å². The predicted octanol–water partition coefficient (Wildman–Crippen LogP) is 5.15. The van der Waals surface area contributed by atoms with Crippen LogP contribution in [0.5, 0.6) is 0 Å². The zero-order valence-electron chi connectivity index (χ0n) is 17.3. The van der Waals surface area contributed by atoms with E-state index in [0.29, 0.717) is 12.1 Å². The largest absolute Gasteiger partial charge is 0.356 e. The third-order valence-electron chi connectivity index (χ3n) is 6.30. The lowest BCUT2D eigenvalue weighted by Gasteiger charge is -2.30. The predicted molar refractivity (Wildman–Crippen MR) is 123 cm³/mol. The molecule has 3 heterocycles. The number of carbonyl (C=O) groups is 1. The van der Waals surface area contributed by atoms with Crippen molar-refractivity contribution in [3.8, 4) is 0 Å². The topological polar surface area (TPSA) is 36.4 Å².